The van der Waals surface area contributed by atoms with Crippen LogP contribution in [0.3, 0.4) is 0 Å². The fraction of sp³-hybridized carbons (Fsp3) is 0.0714. The summed E-state index contributed by atoms with van der Waals surface area (Å²) in [5, 5.41) is 6.97. The van der Waals surface area contributed by atoms with Gasteiger partial charge in [0.25, 0.3) is 5.89 Å². The molecule has 0 fully saturated rings. The number of amides is 1. The van der Waals surface area contributed by atoms with Crippen LogP contribution in [0.1, 0.15) is 0 Å². The molecule has 3 aromatic rings. The predicted octanol–water partition coefficient (Wildman–Crippen LogP) is 3.04. The highest BCUT2D eigenvalue weighted by Crippen LogP contribution is 2.29. The Kier molecular flexibility index (Phi) is 4.22. The molecule has 0 aliphatic heterocycles. The zero-order valence-corrected chi connectivity index (χ0v) is 13.0. The van der Waals surface area contributed by atoms with Crippen molar-refractivity contribution in [2.45, 2.75) is 6.54 Å². The Labute approximate surface area is 139 Å². The summed E-state index contributed by atoms with van der Waals surface area (Å²) in [5.41, 5.74) is 0.340. The summed E-state index contributed by atoms with van der Waals surface area (Å²) in [5.74, 6) is -0.993. The van der Waals surface area contributed by atoms with Gasteiger partial charge in [-0.2, -0.15) is 4.68 Å². The number of nitrogens with one attached hydrogen (secondary N) is 1. The van der Waals surface area contributed by atoms with E-state index in [1.54, 1.807) is 30.3 Å². The van der Waals surface area contributed by atoms with Gasteiger partial charge in [-0.15, -0.1) is 5.10 Å². The van der Waals surface area contributed by atoms with Gasteiger partial charge in [-0.1, -0.05) is 29.3 Å². The lowest BCUT2D eigenvalue weighted by atomic mass is 10.3. The van der Waals surface area contributed by atoms with E-state index in [9.17, 15) is 9.59 Å². The number of anilines is 1. The molecule has 0 atom stereocenters. The number of hydrogen-bond donors (Lipinski definition) is 1. The zero-order chi connectivity index (χ0) is 16.4. The smallest absolute Gasteiger partial charge is 0.437 e. The van der Waals surface area contributed by atoms with E-state index < -0.39 is 11.7 Å². The molecule has 2 aromatic heterocycles. The van der Waals surface area contributed by atoms with Crippen molar-refractivity contribution in [3.8, 4) is 11.7 Å². The Morgan fingerprint density at radius 3 is 2.83 bits per heavy atom. The van der Waals surface area contributed by atoms with E-state index in [1.807, 2.05) is 0 Å². The molecular weight excluding hydrogens is 345 g/mol. The lowest BCUT2D eigenvalue weighted by Gasteiger charge is -2.07. The van der Waals surface area contributed by atoms with Gasteiger partial charge in [0, 0.05) is 0 Å². The normalized spacial score (nSPS) is 10.7. The first-order chi connectivity index (χ1) is 11.0. The minimum absolute atomic E-state index is 0.00594. The summed E-state index contributed by atoms with van der Waals surface area (Å²) in [6.07, 6.45) is 1.42. The molecule has 3 rings (SSSR count). The van der Waals surface area contributed by atoms with Crippen LogP contribution in [0.15, 0.2) is 50.2 Å². The van der Waals surface area contributed by atoms with Crippen LogP contribution in [-0.2, 0) is 11.3 Å². The molecule has 1 amide bonds. The lowest BCUT2D eigenvalue weighted by Crippen LogP contribution is -2.26. The van der Waals surface area contributed by atoms with E-state index in [2.05, 4.69) is 10.4 Å². The van der Waals surface area contributed by atoms with Gasteiger partial charge in [0.2, 0.25) is 5.91 Å². The van der Waals surface area contributed by atoms with Crippen molar-refractivity contribution in [1.29, 1.82) is 0 Å². The third kappa shape index (κ3) is 3.30. The Morgan fingerprint density at radius 2 is 2.09 bits per heavy atom. The van der Waals surface area contributed by atoms with Crippen molar-refractivity contribution in [2.75, 3.05) is 5.32 Å². The largest absolute Gasteiger partial charge is 0.459 e. The molecule has 1 aromatic carbocycles. The Morgan fingerprint density at radius 1 is 1.26 bits per heavy atom. The second-order valence-electron chi connectivity index (χ2n) is 4.46. The number of benzene rings is 1. The predicted molar refractivity (Wildman–Crippen MR) is 83.6 cm³/mol. The minimum Gasteiger partial charge on any atom is -0.459 e. The van der Waals surface area contributed by atoms with Crippen LogP contribution in [0.5, 0.6) is 0 Å². The average molecular weight is 354 g/mol. The number of nitrogens with zero attached hydrogens (tertiary/aromatic N) is 2. The van der Waals surface area contributed by atoms with Crippen LogP contribution in [0.2, 0.25) is 10.0 Å². The van der Waals surface area contributed by atoms with Crippen molar-refractivity contribution in [2.24, 2.45) is 0 Å². The van der Waals surface area contributed by atoms with Gasteiger partial charge in [-0.3, -0.25) is 4.79 Å². The first-order valence-corrected chi connectivity index (χ1v) is 7.16. The molecule has 9 heteroatoms. The van der Waals surface area contributed by atoms with E-state index in [4.69, 9.17) is 32.0 Å². The molecule has 0 saturated carbocycles. The van der Waals surface area contributed by atoms with Gasteiger partial charge in [-0.05, 0) is 24.3 Å². The fourth-order valence-corrected chi connectivity index (χ4v) is 2.18. The maximum atomic E-state index is 12.0. The van der Waals surface area contributed by atoms with E-state index in [-0.39, 0.29) is 17.5 Å². The fourth-order valence-electron chi connectivity index (χ4n) is 1.83. The summed E-state index contributed by atoms with van der Waals surface area (Å²) in [4.78, 5) is 23.7. The van der Waals surface area contributed by atoms with Crippen LogP contribution >= 0.6 is 23.2 Å². The van der Waals surface area contributed by atoms with Crippen molar-refractivity contribution in [3.05, 3.63) is 57.2 Å². The summed E-state index contributed by atoms with van der Waals surface area (Å²) in [6.45, 7) is -0.341. The van der Waals surface area contributed by atoms with Gasteiger partial charge in [0.15, 0.2) is 5.76 Å². The Bertz CT molecular complexity index is 899. The van der Waals surface area contributed by atoms with Gasteiger partial charge >= 0.3 is 5.76 Å². The summed E-state index contributed by atoms with van der Waals surface area (Å²) in [6, 6.07) is 8.04. The van der Waals surface area contributed by atoms with Crippen molar-refractivity contribution in [3.63, 3.8) is 0 Å². The number of halogens is 2. The topological polar surface area (TPSA) is 90.3 Å². The third-order valence-corrected chi connectivity index (χ3v) is 3.68. The molecule has 7 nitrogen and oxygen atoms in total. The Balaban J connectivity index is 1.76. The summed E-state index contributed by atoms with van der Waals surface area (Å²) < 4.78 is 10.9. The zero-order valence-electron chi connectivity index (χ0n) is 11.5. The monoisotopic (exact) mass is 353 g/mol. The highest BCUT2D eigenvalue weighted by Gasteiger charge is 2.15. The highest BCUT2D eigenvalue weighted by atomic mass is 35.5. The van der Waals surface area contributed by atoms with Crippen molar-refractivity contribution >= 4 is 34.8 Å². The standard InChI is InChI=1S/C14H9Cl2N3O4/c15-8-3-1-4-9(12(8)16)17-11(20)7-19-14(21)23-13(18-19)10-5-2-6-22-10/h1-6H,7H2,(H,17,20). The molecule has 0 bridgehead atoms. The second-order valence-corrected chi connectivity index (χ2v) is 5.24. The third-order valence-electron chi connectivity index (χ3n) is 2.86. The molecule has 2 heterocycles. The van der Waals surface area contributed by atoms with Gasteiger partial charge in [-0.25, -0.2) is 4.79 Å². The van der Waals surface area contributed by atoms with Gasteiger partial charge in [0.1, 0.15) is 6.54 Å². The molecule has 0 saturated heterocycles. The number of furan rings is 1. The van der Waals surface area contributed by atoms with Gasteiger partial charge < -0.3 is 14.2 Å². The average Bonchev–Trinajstić information content (AvgIpc) is 3.14. The van der Waals surface area contributed by atoms with Crippen LogP contribution in [-0.4, -0.2) is 15.7 Å². The molecule has 0 spiro atoms. The number of aromatic nitrogens is 2. The van der Waals surface area contributed by atoms with E-state index in [1.165, 1.54) is 6.26 Å². The van der Waals surface area contributed by atoms with Crippen molar-refractivity contribution < 1.29 is 13.6 Å². The van der Waals surface area contributed by atoms with Gasteiger partial charge in [0.05, 0.1) is 22.0 Å². The van der Waals surface area contributed by atoms with Crippen LogP contribution in [0, 0.1) is 0 Å². The molecule has 0 aliphatic rings. The minimum atomic E-state index is -0.774. The lowest BCUT2D eigenvalue weighted by molar-refractivity contribution is -0.117. The van der Waals surface area contributed by atoms with Crippen LogP contribution < -0.4 is 11.1 Å². The summed E-state index contributed by atoms with van der Waals surface area (Å²) >= 11 is 11.8. The SMILES string of the molecule is O=C(Cn1nc(-c2ccco2)oc1=O)Nc1cccc(Cl)c1Cl. The van der Waals surface area contributed by atoms with E-state index in [0.717, 1.165) is 4.68 Å². The maximum absolute atomic E-state index is 12.0. The highest BCUT2D eigenvalue weighted by molar-refractivity contribution is 6.43. The van der Waals surface area contributed by atoms with Crippen molar-refractivity contribution in [1.82, 2.24) is 9.78 Å². The number of rotatable bonds is 4. The first-order valence-electron chi connectivity index (χ1n) is 6.40. The Hall–Kier alpha value is -2.51. The molecule has 23 heavy (non-hydrogen) atoms. The second kappa shape index (κ2) is 6.31. The van der Waals surface area contributed by atoms with E-state index in [0.29, 0.717) is 16.5 Å². The van der Waals surface area contributed by atoms with E-state index >= 15 is 0 Å². The van der Waals surface area contributed by atoms with Crippen LogP contribution in [0.4, 0.5) is 5.69 Å². The molecule has 0 unspecified atom stereocenters. The number of carbonyl (C=O) groups excluding carboxylic acids is 1. The maximum Gasteiger partial charge on any atom is 0.437 e. The van der Waals surface area contributed by atoms with Crippen LogP contribution in [0.25, 0.3) is 11.7 Å². The molecular formula is C14H9Cl2N3O4. The molecule has 1 N–H and O–H groups in total. The quantitative estimate of drug-likeness (QED) is 0.778. The summed E-state index contributed by atoms with van der Waals surface area (Å²) in [7, 11) is 0. The molecule has 0 radical (unpaired) electrons. The number of hydrogen-bond acceptors (Lipinski definition) is 5. The molecule has 118 valence electrons. The number of carbonyl (C=O) groups is 1. The molecule has 0 aliphatic carbocycles. The first kappa shape index (κ1) is 15.4.